The number of likely N-dealkylation sites (N-methyl/N-ethyl adjacent to an activating group) is 1. The second kappa shape index (κ2) is 69.6. The van der Waals surface area contributed by atoms with E-state index >= 15 is 0 Å². The number of nitrogens with one attached hydrogen (secondary N) is 4. The summed E-state index contributed by atoms with van der Waals surface area (Å²) >= 11 is 0. The van der Waals surface area contributed by atoms with Crippen LogP contribution < -0.4 is 21.3 Å². The number of piperazine rings is 7. The number of nitrogens with zero attached hydrogens (tertiary/aromatic N) is 15. The van der Waals surface area contributed by atoms with E-state index in [4.69, 9.17) is 0 Å². The second-order valence-corrected chi connectivity index (χ2v) is 49.2. The van der Waals surface area contributed by atoms with Crippen LogP contribution in [0, 0.1) is 0 Å². The Bertz CT molecular complexity index is 3180. The third kappa shape index (κ3) is 53.8. The minimum absolute atomic E-state index is 0. The number of fused-ring (bicyclic) bond motifs is 1. The van der Waals surface area contributed by atoms with Gasteiger partial charge in [0.2, 0.25) is 11.8 Å². The molecular formula is C109H229N19O5S2. The van der Waals surface area contributed by atoms with E-state index in [0.29, 0.717) is 127 Å². The molecule has 8 unspecified atom stereocenters. The molecule has 12 aliphatic rings. The number of rotatable bonds is 13. The predicted molar refractivity (Wildman–Crippen MR) is 591 cm³/mol. The van der Waals surface area contributed by atoms with Gasteiger partial charge in [-0.05, 0) is 306 Å². The predicted octanol–water partition coefficient (Wildman–Crippen LogP) is 15.3. The zero-order chi connectivity index (χ0) is 101. The van der Waals surface area contributed by atoms with Crippen molar-refractivity contribution < 1.29 is 22.2 Å². The molecule has 26 heteroatoms. The first-order valence-corrected chi connectivity index (χ1v) is 57.2. The van der Waals surface area contributed by atoms with E-state index in [1.165, 1.54) is 136 Å². The van der Waals surface area contributed by atoms with Gasteiger partial charge in [-0.25, -0.2) is 8.42 Å². The van der Waals surface area contributed by atoms with Crippen molar-refractivity contribution in [1.82, 2.24) is 94.8 Å². The summed E-state index contributed by atoms with van der Waals surface area (Å²) < 4.78 is 32.9. The molecule has 12 heterocycles. The number of carbonyl (C=O) groups excluding carboxylic acids is 2. The van der Waals surface area contributed by atoms with Crippen LogP contribution >= 0.6 is 0 Å². The number of piperidine rings is 2. The highest BCUT2D eigenvalue weighted by Gasteiger charge is 2.34. The molecule has 13 rings (SSSR count). The number of hydrogen-bond acceptors (Lipinski definition) is 22. The van der Waals surface area contributed by atoms with Crippen molar-refractivity contribution in [3.63, 3.8) is 0 Å². The third-order valence-corrected chi connectivity index (χ3v) is 32.2. The highest BCUT2D eigenvalue weighted by molar-refractivity contribution is 7.91. The van der Waals surface area contributed by atoms with Crippen LogP contribution in [-0.4, -0.2) is 437 Å². The molecule has 0 aromatic heterocycles. The van der Waals surface area contributed by atoms with Gasteiger partial charge in [-0.3, -0.25) is 77.5 Å². The molecule has 4 N–H and O–H groups in total. The van der Waals surface area contributed by atoms with Crippen molar-refractivity contribution in [2.75, 3.05) is 207 Å². The average Bonchev–Trinajstić information content (AvgIpc) is 0.832. The second-order valence-electron chi connectivity index (χ2n) is 45.2. The first-order chi connectivity index (χ1) is 62.1. The van der Waals surface area contributed by atoms with E-state index in [1.807, 2.05) is 4.90 Å². The molecule has 12 aliphatic heterocycles. The van der Waals surface area contributed by atoms with E-state index in [2.05, 4.69) is 370 Å². The summed E-state index contributed by atoms with van der Waals surface area (Å²) in [5.41, 5.74) is 3.51. The quantitative estimate of drug-likeness (QED) is 0.146. The Kier molecular flexibility index (Phi) is 68.3. The van der Waals surface area contributed by atoms with Crippen LogP contribution in [0.25, 0.3) is 0 Å². The van der Waals surface area contributed by atoms with Crippen molar-refractivity contribution in [2.45, 2.75) is 455 Å². The maximum atomic E-state index is 11.0. The van der Waals surface area contributed by atoms with Gasteiger partial charge in [-0.1, -0.05) is 52.0 Å². The number of carbonyl (C=O) groups is 2. The minimum atomic E-state index is -2.69. The van der Waals surface area contributed by atoms with Crippen molar-refractivity contribution in [1.29, 1.82) is 0 Å². The normalized spacial score (nSPS) is 26.1. The lowest BCUT2D eigenvalue weighted by Crippen LogP contribution is -2.57. The fraction of sp³-hybridized carbons (Fsp3) is 0.927. The summed E-state index contributed by atoms with van der Waals surface area (Å²) in [6.45, 7) is 113. The van der Waals surface area contributed by atoms with E-state index in [9.17, 15) is 22.2 Å². The van der Waals surface area contributed by atoms with Crippen molar-refractivity contribution in [3.8, 4) is 0 Å². The van der Waals surface area contributed by atoms with Crippen molar-refractivity contribution in [3.05, 3.63) is 35.4 Å². The Labute approximate surface area is 841 Å². The molecule has 8 atom stereocenters. The van der Waals surface area contributed by atoms with Crippen LogP contribution in [0.15, 0.2) is 24.3 Å². The highest BCUT2D eigenvalue weighted by atomic mass is 32.2. The molecule has 802 valence electrons. The summed E-state index contributed by atoms with van der Waals surface area (Å²) in [4.78, 5) is 58.4. The number of sulfone groups is 1. The number of benzene rings is 1. The van der Waals surface area contributed by atoms with E-state index in [0.717, 1.165) is 126 Å². The molecular weight excluding hydrogens is 1720 g/mol. The number of amides is 2. The molecule has 1 aromatic carbocycles. The number of likely N-dealkylation sites (tertiary alicyclic amines) is 2. The maximum absolute atomic E-state index is 11.0. The average molecular weight is 1950 g/mol. The topological polar surface area (TPSA) is 182 Å². The summed E-state index contributed by atoms with van der Waals surface area (Å²) in [7, 11) is -1.02. The van der Waals surface area contributed by atoms with Crippen LogP contribution in [0.1, 0.15) is 321 Å². The van der Waals surface area contributed by atoms with Gasteiger partial charge in [0.1, 0.15) is 0 Å². The molecule has 11 fully saturated rings. The van der Waals surface area contributed by atoms with Gasteiger partial charge in [0.15, 0.2) is 9.84 Å². The molecule has 0 bridgehead atoms. The minimum Gasteiger partial charge on any atom is -0.354 e. The first-order valence-electron chi connectivity index (χ1n) is 53.9. The van der Waals surface area contributed by atoms with Crippen LogP contribution in [0.4, 0.5) is 0 Å². The Hall–Kier alpha value is -2.42. The first kappa shape index (κ1) is 133. The van der Waals surface area contributed by atoms with E-state index < -0.39 is 20.6 Å². The molecule has 24 nitrogen and oxygen atoms in total. The van der Waals surface area contributed by atoms with Gasteiger partial charge < -0.3 is 31.1 Å². The molecule has 2 amide bonds. The molecule has 135 heavy (non-hydrogen) atoms. The molecule has 0 saturated carbocycles. The summed E-state index contributed by atoms with van der Waals surface area (Å²) in [5, 5.41) is 13.2. The van der Waals surface area contributed by atoms with Gasteiger partial charge >= 0.3 is 0 Å². The highest BCUT2D eigenvalue weighted by Crippen LogP contribution is 2.30. The van der Waals surface area contributed by atoms with Crippen LogP contribution in [0.5, 0.6) is 0 Å². The van der Waals surface area contributed by atoms with Crippen molar-refractivity contribution >= 4 is 32.5 Å². The summed E-state index contributed by atoms with van der Waals surface area (Å²) in [6.07, 6.45) is 9.59. The Balaban J connectivity index is 0.00000145. The largest absolute Gasteiger partial charge is 0.354 e. The summed E-state index contributed by atoms with van der Waals surface area (Å²) in [5.74, 6) is 2.78. The van der Waals surface area contributed by atoms with E-state index in [-0.39, 0.29) is 26.7 Å². The van der Waals surface area contributed by atoms with Crippen molar-refractivity contribution in [2.24, 2.45) is 0 Å². The third-order valence-electron chi connectivity index (χ3n) is 29.3. The number of hydrogen-bond donors (Lipinski definition) is 4. The lowest BCUT2D eigenvalue weighted by Gasteiger charge is -2.45. The van der Waals surface area contributed by atoms with Gasteiger partial charge in [0, 0.05) is 332 Å². The van der Waals surface area contributed by atoms with Gasteiger partial charge in [0.05, 0.1) is 18.1 Å². The molecule has 0 radical (unpaired) electrons. The standard InChI is InChI=1S/C12H17N.C10H22N2.2C10H21N.C9H18N2O.3C9H20N2.C8H18N2.C7H14N2O.C7H15NO2S.C7H15NOS.2CH4/c1-10(2)13-8-7-11-5-3-4-6-12(11)9-13;1-9(2)11-5-7-12(8-6-11)10(3)4;1-9(2)11-8-6-5-7-10(11,3)4;1-8(2)11-9(3)6-5-7-10(11)4;1-8(2)10-4-6-11(7-5-10)9(3)12;1-7(2)11-6-8(3)10-5-9(11)4;1-7(2)11-5-8(3)10-9(4)6-11;1-7(2)11-8(3)5-10-6-9(11)4;1-8(2)10-6-4-9(3)5-7-10;1-6(2)9-4-3-8-7(10)5-9;1-7(2)8-3-5-11(9,10)6-4-8;1-7(2)8-3-5-10(9)6-4-8;;/h3-6,10H,7-9H2,1-2H3;9-10H,5-8H2,1-4H3;9H,5-8H2,1-4H3;8-10H,5-7H2,1-4H3;8H,4-7H2,1-3H3;3*7-10H,5-6H2,1-4H3;8H,4-7H2,1-3H3;6H,3-5H2,1-2H3,(H,8,10);7H,3-6H2,1-2H3;7H,3-6H2,1-2H3;2*1H4. The SMILES string of the molecule is C.C.CC(=O)N1CCN(C(C)C)CC1.CC(C)N1C(C)CCCC1C.CC(C)N1C(C)CNCC1C.CC(C)N1CCCCC1(C)C.CC(C)N1CCN(C(C)C)CC1.CC(C)N1CCN(C)CC1.CC(C)N1CCNC(=O)C1.CC(C)N1CCS(=O)(=O)CC1.CC(C)N1CCS(=O)CC1.CC(C)N1CCc2ccccc2C1.CC1CN(C(C)C)C(C)CN1.CC1CN(C(C)C)CC(C)N1. The fourth-order valence-corrected chi connectivity index (χ4v) is 22.9. The summed E-state index contributed by atoms with van der Waals surface area (Å²) in [6, 6.07) is 23.0. The smallest absolute Gasteiger partial charge is 0.234 e. The lowest BCUT2D eigenvalue weighted by atomic mass is 9.89. The Morgan fingerprint density at radius 2 is 0.800 bits per heavy atom. The zero-order valence-electron chi connectivity index (χ0n) is 94.1. The maximum Gasteiger partial charge on any atom is 0.234 e. The van der Waals surface area contributed by atoms with Gasteiger partial charge in [-0.15, -0.1) is 0 Å². The van der Waals surface area contributed by atoms with E-state index in [1.54, 1.807) is 12.5 Å². The van der Waals surface area contributed by atoms with Crippen LogP contribution in [0.2, 0.25) is 0 Å². The van der Waals surface area contributed by atoms with Crippen LogP contribution in [0.3, 0.4) is 0 Å². The Morgan fingerprint density at radius 1 is 0.407 bits per heavy atom. The van der Waals surface area contributed by atoms with Gasteiger partial charge in [0.25, 0.3) is 0 Å². The molecule has 0 spiro atoms. The van der Waals surface area contributed by atoms with Gasteiger partial charge in [-0.2, -0.15) is 0 Å². The fourth-order valence-electron chi connectivity index (χ4n) is 20.6. The zero-order valence-corrected chi connectivity index (χ0v) is 95.7. The van der Waals surface area contributed by atoms with Crippen LogP contribution in [-0.2, 0) is 43.2 Å². The lowest BCUT2D eigenvalue weighted by molar-refractivity contribution is -0.130. The monoisotopic (exact) mass is 1950 g/mol. The molecule has 0 aliphatic carbocycles. The Morgan fingerprint density at radius 3 is 1.16 bits per heavy atom. The molecule has 11 saturated heterocycles. The molecule has 1 aromatic rings.